The van der Waals surface area contributed by atoms with Gasteiger partial charge in [0.2, 0.25) is 0 Å². The Labute approximate surface area is 79.4 Å². The van der Waals surface area contributed by atoms with Gasteiger partial charge >= 0.3 is 0 Å². The zero-order chi connectivity index (χ0) is 9.68. The van der Waals surface area contributed by atoms with Crippen molar-refractivity contribution in [2.45, 2.75) is 26.7 Å². The van der Waals surface area contributed by atoms with Crippen LogP contribution < -0.4 is 5.73 Å². The first kappa shape index (κ1) is 10.1. The number of aromatic nitrogens is 2. The maximum absolute atomic E-state index is 5.45. The van der Waals surface area contributed by atoms with Crippen molar-refractivity contribution < 1.29 is 0 Å². The van der Waals surface area contributed by atoms with Gasteiger partial charge in [-0.25, -0.2) is 9.97 Å². The third-order valence-electron chi connectivity index (χ3n) is 1.80. The molecule has 0 radical (unpaired) electrons. The molecule has 0 bridgehead atoms. The summed E-state index contributed by atoms with van der Waals surface area (Å²) in [6.45, 7) is 5.02. The summed E-state index contributed by atoms with van der Waals surface area (Å²) < 4.78 is 0. The third kappa shape index (κ3) is 3.51. The van der Waals surface area contributed by atoms with Crippen LogP contribution in [0.25, 0.3) is 0 Å². The third-order valence-corrected chi connectivity index (χ3v) is 1.80. The Bertz CT molecular complexity index is 258. The second-order valence-corrected chi connectivity index (χ2v) is 3.64. The van der Waals surface area contributed by atoms with E-state index in [0.717, 1.165) is 24.2 Å². The summed E-state index contributed by atoms with van der Waals surface area (Å²) in [4.78, 5) is 8.36. The maximum atomic E-state index is 5.45. The normalized spacial score (nSPS) is 10.8. The Morgan fingerprint density at radius 2 is 2.00 bits per heavy atom. The summed E-state index contributed by atoms with van der Waals surface area (Å²) in [5.41, 5.74) is 7.62. The van der Waals surface area contributed by atoms with Gasteiger partial charge < -0.3 is 5.73 Å². The van der Waals surface area contributed by atoms with Crippen molar-refractivity contribution in [3.05, 3.63) is 23.8 Å². The molecule has 0 aliphatic carbocycles. The molecule has 0 spiro atoms. The second kappa shape index (κ2) is 4.92. The monoisotopic (exact) mass is 179 g/mol. The molecule has 0 atom stereocenters. The van der Waals surface area contributed by atoms with E-state index in [2.05, 4.69) is 23.8 Å². The standard InChI is InChI=1S/C10H17N3/c1-8(2)5-10-6-9(3-4-11)12-7-13-10/h6-8H,3-5,11H2,1-2H3. The summed E-state index contributed by atoms with van der Waals surface area (Å²) in [5, 5.41) is 0. The maximum Gasteiger partial charge on any atom is 0.115 e. The van der Waals surface area contributed by atoms with Crippen LogP contribution in [0.3, 0.4) is 0 Å². The van der Waals surface area contributed by atoms with Crippen LogP contribution in [0.4, 0.5) is 0 Å². The molecule has 0 saturated carbocycles. The van der Waals surface area contributed by atoms with Gasteiger partial charge in [-0.05, 0) is 24.9 Å². The van der Waals surface area contributed by atoms with Gasteiger partial charge in [-0.2, -0.15) is 0 Å². The summed E-state index contributed by atoms with van der Waals surface area (Å²) in [6, 6.07) is 2.05. The highest BCUT2D eigenvalue weighted by Gasteiger charge is 2.00. The first-order valence-corrected chi connectivity index (χ1v) is 4.72. The highest BCUT2D eigenvalue weighted by Crippen LogP contribution is 2.05. The molecule has 0 unspecified atom stereocenters. The van der Waals surface area contributed by atoms with Crippen LogP contribution in [0.15, 0.2) is 12.4 Å². The number of nitrogens with zero attached hydrogens (tertiary/aromatic N) is 2. The number of nitrogens with two attached hydrogens (primary N) is 1. The van der Waals surface area contributed by atoms with Crippen molar-refractivity contribution in [3.63, 3.8) is 0 Å². The molecule has 0 aromatic carbocycles. The van der Waals surface area contributed by atoms with Gasteiger partial charge in [0.1, 0.15) is 6.33 Å². The van der Waals surface area contributed by atoms with E-state index in [0.29, 0.717) is 12.5 Å². The highest BCUT2D eigenvalue weighted by atomic mass is 14.8. The second-order valence-electron chi connectivity index (χ2n) is 3.64. The van der Waals surface area contributed by atoms with Crippen LogP contribution in [0.2, 0.25) is 0 Å². The molecule has 13 heavy (non-hydrogen) atoms. The van der Waals surface area contributed by atoms with E-state index in [1.165, 1.54) is 0 Å². The van der Waals surface area contributed by atoms with Crippen LogP contribution in [-0.4, -0.2) is 16.5 Å². The van der Waals surface area contributed by atoms with Crippen LogP contribution in [-0.2, 0) is 12.8 Å². The summed E-state index contributed by atoms with van der Waals surface area (Å²) in [6.07, 6.45) is 3.48. The lowest BCUT2D eigenvalue weighted by Gasteiger charge is -2.04. The fraction of sp³-hybridized carbons (Fsp3) is 0.600. The van der Waals surface area contributed by atoms with E-state index in [9.17, 15) is 0 Å². The summed E-state index contributed by atoms with van der Waals surface area (Å²) in [5.74, 6) is 0.639. The number of rotatable bonds is 4. The lowest BCUT2D eigenvalue weighted by Crippen LogP contribution is -2.06. The van der Waals surface area contributed by atoms with Crippen LogP contribution in [0, 0.1) is 5.92 Å². The summed E-state index contributed by atoms with van der Waals surface area (Å²) in [7, 11) is 0. The predicted molar refractivity (Wildman–Crippen MR) is 53.3 cm³/mol. The number of hydrogen-bond donors (Lipinski definition) is 1. The Kier molecular flexibility index (Phi) is 3.83. The molecule has 1 rings (SSSR count). The summed E-state index contributed by atoms with van der Waals surface area (Å²) >= 11 is 0. The van der Waals surface area contributed by atoms with Crippen LogP contribution in [0.5, 0.6) is 0 Å². The van der Waals surface area contributed by atoms with Crippen molar-refractivity contribution in [1.82, 2.24) is 9.97 Å². The van der Waals surface area contributed by atoms with E-state index in [1.807, 2.05) is 6.07 Å². The molecular weight excluding hydrogens is 162 g/mol. The van der Waals surface area contributed by atoms with Crippen LogP contribution in [0.1, 0.15) is 25.2 Å². The fourth-order valence-electron chi connectivity index (χ4n) is 1.26. The van der Waals surface area contributed by atoms with Crippen molar-refractivity contribution in [3.8, 4) is 0 Å². The quantitative estimate of drug-likeness (QED) is 0.755. The molecule has 3 heteroatoms. The van der Waals surface area contributed by atoms with Crippen molar-refractivity contribution in [2.24, 2.45) is 11.7 Å². The van der Waals surface area contributed by atoms with E-state index in [-0.39, 0.29) is 0 Å². The average molecular weight is 179 g/mol. The molecule has 1 aromatic rings. The van der Waals surface area contributed by atoms with Crippen molar-refractivity contribution >= 4 is 0 Å². The molecule has 0 saturated heterocycles. The number of hydrogen-bond acceptors (Lipinski definition) is 3. The van der Waals surface area contributed by atoms with Crippen LogP contribution >= 0.6 is 0 Å². The Balaban J connectivity index is 2.67. The average Bonchev–Trinajstić information content (AvgIpc) is 2.04. The smallest absolute Gasteiger partial charge is 0.115 e. The Morgan fingerprint density at radius 3 is 2.62 bits per heavy atom. The van der Waals surface area contributed by atoms with E-state index in [4.69, 9.17) is 5.73 Å². The molecule has 0 aliphatic heterocycles. The lowest BCUT2D eigenvalue weighted by atomic mass is 10.1. The molecule has 2 N–H and O–H groups in total. The zero-order valence-corrected chi connectivity index (χ0v) is 8.33. The van der Waals surface area contributed by atoms with Crippen molar-refractivity contribution in [1.29, 1.82) is 0 Å². The minimum absolute atomic E-state index is 0.639. The van der Waals surface area contributed by atoms with Gasteiger partial charge in [0.25, 0.3) is 0 Å². The molecule has 1 aromatic heterocycles. The lowest BCUT2D eigenvalue weighted by molar-refractivity contribution is 0.632. The molecule has 0 amide bonds. The first-order valence-electron chi connectivity index (χ1n) is 4.72. The van der Waals surface area contributed by atoms with E-state index >= 15 is 0 Å². The minimum Gasteiger partial charge on any atom is -0.330 e. The van der Waals surface area contributed by atoms with Gasteiger partial charge in [0.15, 0.2) is 0 Å². The zero-order valence-electron chi connectivity index (χ0n) is 8.33. The van der Waals surface area contributed by atoms with Gasteiger partial charge in [-0.3, -0.25) is 0 Å². The van der Waals surface area contributed by atoms with Crippen molar-refractivity contribution in [2.75, 3.05) is 6.54 Å². The molecule has 72 valence electrons. The predicted octanol–water partition coefficient (Wildman–Crippen LogP) is 1.18. The molecular formula is C10H17N3. The van der Waals surface area contributed by atoms with Gasteiger partial charge in [0, 0.05) is 17.8 Å². The van der Waals surface area contributed by atoms with Gasteiger partial charge in [-0.1, -0.05) is 13.8 Å². The first-order chi connectivity index (χ1) is 6.22. The molecule has 1 heterocycles. The SMILES string of the molecule is CC(C)Cc1cc(CCN)ncn1. The molecule has 0 fully saturated rings. The Morgan fingerprint density at radius 1 is 1.31 bits per heavy atom. The molecule has 0 aliphatic rings. The largest absolute Gasteiger partial charge is 0.330 e. The van der Waals surface area contributed by atoms with E-state index in [1.54, 1.807) is 6.33 Å². The topological polar surface area (TPSA) is 51.8 Å². The molecule has 3 nitrogen and oxygen atoms in total. The highest BCUT2D eigenvalue weighted by molar-refractivity contribution is 5.08. The minimum atomic E-state index is 0.639. The van der Waals surface area contributed by atoms with Gasteiger partial charge in [-0.15, -0.1) is 0 Å². The van der Waals surface area contributed by atoms with Gasteiger partial charge in [0.05, 0.1) is 0 Å². The van der Waals surface area contributed by atoms with E-state index < -0.39 is 0 Å². The Hall–Kier alpha value is -0.960. The fourth-order valence-corrected chi connectivity index (χ4v) is 1.26.